The van der Waals surface area contributed by atoms with Crippen LogP contribution in [0.4, 0.5) is 0 Å². The highest BCUT2D eigenvalue weighted by atomic mass is 15.4. The smallest absolute Gasteiger partial charge is 0.0855 e. The van der Waals surface area contributed by atoms with Gasteiger partial charge in [-0.3, -0.25) is 14.3 Å². The van der Waals surface area contributed by atoms with Crippen LogP contribution in [0.3, 0.4) is 0 Å². The molecule has 1 unspecified atom stereocenters. The Morgan fingerprint density at radius 2 is 1.71 bits per heavy atom. The third-order valence-corrected chi connectivity index (χ3v) is 8.17. The Balaban J connectivity index is 0.00000148. The van der Waals surface area contributed by atoms with Crippen molar-refractivity contribution < 1.29 is 0 Å². The monoisotopic (exact) mass is 568 g/mol. The number of nitrogens with zero attached hydrogens (tertiary/aromatic N) is 4. The molecule has 0 saturated carbocycles. The van der Waals surface area contributed by atoms with Gasteiger partial charge in [-0.05, 0) is 98.5 Å². The maximum absolute atomic E-state index is 4.65. The molecular weight excluding hydrogens is 512 g/mol. The molecule has 0 spiro atoms. The first-order valence-corrected chi connectivity index (χ1v) is 15.5. The molecular formula is C38H56N4. The van der Waals surface area contributed by atoms with E-state index in [9.17, 15) is 0 Å². The number of aromatic nitrogens is 3. The Morgan fingerprint density at radius 3 is 2.33 bits per heavy atom. The fourth-order valence-electron chi connectivity index (χ4n) is 6.29. The van der Waals surface area contributed by atoms with E-state index in [2.05, 4.69) is 137 Å². The van der Waals surface area contributed by atoms with E-state index in [1.807, 2.05) is 26.1 Å². The second-order valence-corrected chi connectivity index (χ2v) is 11.9. The molecule has 0 saturated heterocycles. The van der Waals surface area contributed by atoms with Gasteiger partial charge in [0.1, 0.15) is 0 Å². The zero-order chi connectivity index (χ0) is 31.6. The Kier molecular flexibility index (Phi) is 13.1. The van der Waals surface area contributed by atoms with Gasteiger partial charge in [0.2, 0.25) is 0 Å². The first-order valence-electron chi connectivity index (χ1n) is 15.5. The zero-order valence-electron chi connectivity index (χ0n) is 28.2. The molecule has 4 nitrogen and oxygen atoms in total. The molecule has 0 aliphatic carbocycles. The fraction of sp³-hybridized carbons (Fsp3) is 0.447. The number of hydrogen-bond acceptors (Lipinski definition) is 2. The van der Waals surface area contributed by atoms with E-state index in [0.717, 1.165) is 32.5 Å². The summed E-state index contributed by atoms with van der Waals surface area (Å²) in [6, 6.07) is 15.9. The van der Waals surface area contributed by atoms with Gasteiger partial charge in [0, 0.05) is 44.5 Å². The molecule has 0 amide bonds. The largest absolute Gasteiger partial charge is 0.302 e. The van der Waals surface area contributed by atoms with Crippen molar-refractivity contribution in [3.8, 4) is 0 Å². The van der Waals surface area contributed by atoms with Crippen molar-refractivity contribution in [1.29, 1.82) is 0 Å². The number of rotatable bonds is 11. The summed E-state index contributed by atoms with van der Waals surface area (Å²) in [5.41, 5.74) is 12.2. The summed E-state index contributed by atoms with van der Waals surface area (Å²) in [6.45, 7) is 30.6. The minimum Gasteiger partial charge on any atom is -0.302 e. The molecule has 1 atom stereocenters. The van der Waals surface area contributed by atoms with Crippen LogP contribution in [0, 0.1) is 26.2 Å². The van der Waals surface area contributed by atoms with E-state index < -0.39 is 0 Å². The highest BCUT2D eigenvalue weighted by molar-refractivity contribution is 5.83. The SMILES string of the molecule is C=C.C=CCC(c1ccc(C)c(CN(C)CC(C)(C)Cc2ncccc2C)c1)c1ccc2c(c1C)n(C)n2CC.CC. The highest BCUT2D eigenvalue weighted by Crippen LogP contribution is 2.36. The predicted octanol–water partition coefficient (Wildman–Crippen LogP) is 9.56. The molecule has 0 aliphatic heterocycles. The van der Waals surface area contributed by atoms with Crippen molar-refractivity contribution in [2.45, 2.75) is 87.2 Å². The molecule has 4 rings (SSSR count). The summed E-state index contributed by atoms with van der Waals surface area (Å²) in [7, 11) is 4.42. The van der Waals surface area contributed by atoms with Crippen LogP contribution in [0.1, 0.15) is 86.0 Å². The van der Waals surface area contributed by atoms with Crippen LogP contribution in [-0.2, 0) is 26.6 Å². The molecule has 0 bridgehead atoms. The van der Waals surface area contributed by atoms with Crippen LogP contribution >= 0.6 is 0 Å². The van der Waals surface area contributed by atoms with E-state index in [0.29, 0.717) is 5.92 Å². The van der Waals surface area contributed by atoms with Gasteiger partial charge in [-0.1, -0.05) is 64.1 Å². The van der Waals surface area contributed by atoms with Crippen LogP contribution in [0.15, 0.2) is 74.5 Å². The summed E-state index contributed by atoms with van der Waals surface area (Å²) >= 11 is 0. The van der Waals surface area contributed by atoms with Crippen molar-refractivity contribution >= 4 is 11.0 Å². The molecule has 0 radical (unpaired) electrons. The lowest BCUT2D eigenvalue weighted by molar-refractivity contribution is 0.201. The van der Waals surface area contributed by atoms with Crippen LogP contribution in [0.2, 0.25) is 0 Å². The van der Waals surface area contributed by atoms with Crippen molar-refractivity contribution in [3.63, 3.8) is 0 Å². The first-order chi connectivity index (χ1) is 20.1. The standard InChI is InChI=1S/C34H46N4.C2H6.C2H4/c1-10-13-30(29-17-18-32-33(26(29)5)37(9)38(32)11-2)27-16-15-24(3)28(20-27)22-36(8)23-34(6,7)21-31-25(4)14-12-19-35-31;2*1-2/h10,12,14-20,30H,1,11,13,21-23H2,2-9H3;1-2H3;1-2H2. The summed E-state index contributed by atoms with van der Waals surface area (Å²) in [5.74, 6) is 0.301. The van der Waals surface area contributed by atoms with E-state index >= 15 is 0 Å². The number of pyridine rings is 1. The van der Waals surface area contributed by atoms with Gasteiger partial charge in [-0.25, -0.2) is 0 Å². The molecule has 4 heteroatoms. The molecule has 228 valence electrons. The topological polar surface area (TPSA) is 26.0 Å². The molecule has 0 N–H and O–H groups in total. The minimum atomic E-state index is 0.131. The second-order valence-electron chi connectivity index (χ2n) is 11.9. The molecule has 2 aromatic heterocycles. The lowest BCUT2D eigenvalue weighted by Gasteiger charge is -2.31. The summed E-state index contributed by atoms with van der Waals surface area (Å²) in [4.78, 5) is 7.12. The lowest BCUT2D eigenvalue weighted by Crippen LogP contribution is -2.33. The summed E-state index contributed by atoms with van der Waals surface area (Å²) in [5, 5.41) is 0. The van der Waals surface area contributed by atoms with Crippen LogP contribution in [0.25, 0.3) is 11.0 Å². The van der Waals surface area contributed by atoms with Gasteiger partial charge in [-0.2, -0.15) is 0 Å². The second kappa shape index (κ2) is 15.7. The summed E-state index contributed by atoms with van der Waals surface area (Å²) in [6.07, 6.45) is 5.89. The van der Waals surface area contributed by atoms with Gasteiger partial charge in [0.05, 0.1) is 11.0 Å². The average Bonchev–Trinajstić information content (AvgIpc) is 2.96. The number of fused-ring (bicyclic) bond motifs is 1. The van der Waals surface area contributed by atoms with Crippen molar-refractivity contribution in [3.05, 3.63) is 114 Å². The lowest BCUT2D eigenvalue weighted by atomic mass is 9.84. The van der Waals surface area contributed by atoms with Gasteiger partial charge >= 0.3 is 0 Å². The molecule has 0 fully saturated rings. The normalized spacial score (nSPS) is 12.0. The zero-order valence-corrected chi connectivity index (χ0v) is 28.2. The molecule has 4 aromatic rings. The van der Waals surface area contributed by atoms with Gasteiger partial charge in [0.15, 0.2) is 0 Å². The number of benzene rings is 2. The average molecular weight is 569 g/mol. The molecule has 42 heavy (non-hydrogen) atoms. The Labute approximate surface area is 256 Å². The summed E-state index contributed by atoms with van der Waals surface area (Å²) < 4.78 is 4.62. The number of aryl methyl sites for hydroxylation is 5. The first kappa shape index (κ1) is 34.8. The molecule has 2 heterocycles. The quantitative estimate of drug-likeness (QED) is 0.168. The number of allylic oxidation sites excluding steroid dienone is 1. The van der Waals surface area contributed by atoms with Gasteiger partial charge < -0.3 is 4.90 Å². The maximum atomic E-state index is 4.65. The van der Waals surface area contributed by atoms with E-state index in [1.54, 1.807) is 0 Å². The number of hydrogen-bond donors (Lipinski definition) is 0. The van der Waals surface area contributed by atoms with E-state index in [4.69, 9.17) is 0 Å². The molecule has 2 aromatic carbocycles. The van der Waals surface area contributed by atoms with Gasteiger partial charge in [0.25, 0.3) is 0 Å². The van der Waals surface area contributed by atoms with Gasteiger partial charge in [-0.15, -0.1) is 19.7 Å². The van der Waals surface area contributed by atoms with Crippen molar-refractivity contribution in [2.24, 2.45) is 12.5 Å². The Morgan fingerprint density at radius 1 is 1.02 bits per heavy atom. The van der Waals surface area contributed by atoms with Crippen LogP contribution in [-0.4, -0.2) is 32.8 Å². The van der Waals surface area contributed by atoms with E-state index in [1.165, 1.54) is 50.1 Å². The van der Waals surface area contributed by atoms with Crippen LogP contribution in [0.5, 0.6) is 0 Å². The van der Waals surface area contributed by atoms with Crippen molar-refractivity contribution in [1.82, 2.24) is 19.2 Å². The fourth-order valence-corrected chi connectivity index (χ4v) is 6.29. The Hall–Kier alpha value is -3.37. The Bertz CT molecular complexity index is 1440. The molecule has 0 aliphatic rings. The van der Waals surface area contributed by atoms with Crippen LogP contribution < -0.4 is 0 Å². The minimum absolute atomic E-state index is 0.131. The third-order valence-electron chi connectivity index (χ3n) is 8.17. The predicted molar refractivity (Wildman–Crippen MR) is 185 cm³/mol. The van der Waals surface area contributed by atoms with Crippen molar-refractivity contribution in [2.75, 3.05) is 13.6 Å². The third kappa shape index (κ3) is 7.92. The maximum Gasteiger partial charge on any atom is 0.0855 e. The van der Waals surface area contributed by atoms with E-state index in [-0.39, 0.29) is 5.41 Å². The highest BCUT2D eigenvalue weighted by Gasteiger charge is 2.24.